The van der Waals surface area contributed by atoms with Gasteiger partial charge in [0.25, 0.3) is 0 Å². The summed E-state index contributed by atoms with van der Waals surface area (Å²) in [4.78, 5) is 0.340. The van der Waals surface area contributed by atoms with Crippen LogP contribution in [0.1, 0.15) is 44.1 Å². The van der Waals surface area contributed by atoms with Crippen LogP contribution in [0.25, 0.3) is 0 Å². The van der Waals surface area contributed by atoms with Gasteiger partial charge in [-0.3, -0.25) is 0 Å². The molecule has 1 aromatic rings. The first-order valence-electron chi connectivity index (χ1n) is 8.74. The quantitative estimate of drug-likeness (QED) is 0.628. The molecular formula is C19H27NO3S2. The van der Waals surface area contributed by atoms with Crippen LogP contribution in [0, 0.1) is 6.92 Å². The Balaban J connectivity index is 0.00000109. The molecule has 2 unspecified atom stereocenters. The van der Waals surface area contributed by atoms with E-state index in [0.29, 0.717) is 11.4 Å². The van der Waals surface area contributed by atoms with E-state index in [4.69, 9.17) is 0 Å². The van der Waals surface area contributed by atoms with E-state index in [2.05, 4.69) is 18.1 Å². The lowest BCUT2D eigenvalue weighted by molar-refractivity contribution is 0.193. The Kier molecular flexibility index (Phi) is 7.31. The maximum atomic E-state index is 13.0. The predicted octanol–water partition coefficient (Wildman–Crippen LogP) is 3.63. The van der Waals surface area contributed by atoms with E-state index in [-0.39, 0.29) is 6.04 Å². The first-order chi connectivity index (χ1) is 12.0. The van der Waals surface area contributed by atoms with E-state index in [1.807, 2.05) is 25.1 Å². The number of benzene rings is 1. The summed E-state index contributed by atoms with van der Waals surface area (Å²) < 4.78 is 27.6. The lowest BCUT2D eigenvalue weighted by Crippen LogP contribution is -2.36. The summed E-state index contributed by atoms with van der Waals surface area (Å²) in [6.07, 6.45) is 7.30. The average molecular weight is 382 g/mol. The van der Waals surface area contributed by atoms with Gasteiger partial charge in [-0.2, -0.15) is 4.31 Å². The van der Waals surface area contributed by atoms with Crippen molar-refractivity contribution in [2.75, 3.05) is 6.54 Å². The summed E-state index contributed by atoms with van der Waals surface area (Å²) in [5, 5.41) is 10.3. The van der Waals surface area contributed by atoms with E-state index in [0.717, 1.165) is 49.7 Å². The Morgan fingerprint density at radius 3 is 2.32 bits per heavy atom. The molecule has 0 spiro atoms. The molecule has 1 aromatic carbocycles. The zero-order valence-corrected chi connectivity index (χ0v) is 16.4. The van der Waals surface area contributed by atoms with Crippen LogP contribution in [0.2, 0.25) is 0 Å². The molecule has 0 amide bonds. The largest absolute Gasteiger partial charge is 0.389 e. The zero-order chi connectivity index (χ0) is 18.4. The molecule has 6 heteroatoms. The van der Waals surface area contributed by atoms with E-state index in [9.17, 15) is 13.5 Å². The van der Waals surface area contributed by atoms with Crippen molar-refractivity contribution in [3.8, 4) is 0 Å². The highest BCUT2D eigenvalue weighted by molar-refractivity contribution is 7.89. The molecule has 2 bridgehead atoms. The third-order valence-electron chi connectivity index (χ3n) is 4.90. The van der Waals surface area contributed by atoms with Crippen LogP contribution in [-0.4, -0.2) is 42.4 Å². The Labute approximate surface area is 156 Å². The molecule has 1 aliphatic carbocycles. The molecule has 1 N–H and O–H groups in total. The summed E-state index contributed by atoms with van der Waals surface area (Å²) in [7, 11) is -3.52. The third-order valence-corrected chi connectivity index (χ3v) is 6.78. The van der Waals surface area contributed by atoms with Gasteiger partial charge in [-0.1, -0.05) is 61.7 Å². The molecule has 3 rings (SSSR count). The molecule has 2 atom stereocenters. The number of sulfonamides is 1. The highest BCUT2D eigenvalue weighted by Gasteiger charge is 2.36. The minimum absolute atomic E-state index is 0.121. The van der Waals surface area contributed by atoms with Crippen molar-refractivity contribution in [1.82, 2.24) is 4.31 Å². The van der Waals surface area contributed by atoms with Gasteiger partial charge < -0.3 is 5.11 Å². The summed E-state index contributed by atoms with van der Waals surface area (Å²) in [6.45, 7) is 2.27. The number of thiocarbonyl (C=S) groups is 1. The van der Waals surface area contributed by atoms with Crippen LogP contribution in [0.5, 0.6) is 0 Å². The molecule has 1 aliphatic heterocycles. The lowest BCUT2D eigenvalue weighted by Gasteiger charge is -2.24. The van der Waals surface area contributed by atoms with Crippen molar-refractivity contribution >= 4 is 28.1 Å². The van der Waals surface area contributed by atoms with Gasteiger partial charge in [0.05, 0.1) is 11.0 Å². The fourth-order valence-electron chi connectivity index (χ4n) is 3.46. The smallest absolute Gasteiger partial charge is 0.243 e. The Bertz CT molecular complexity index is 698. The molecule has 0 saturated carbocycles. The van der Waals surface area contributed by atoms with Crippen molar-refractivity contribution in [2.24, 2.45) is 0 Å². The Morgan fingerprint density at radius 2 is 1.68 bits per heavy atom. The van der Waals surface area contributed by atoms with Crippen LogP contribution < -0.4 is 0 Å². The first kappa shape index (κ1) is 20.2. The topological polar surface area (TPSA) is 57.6 Å². The number of fused-ring (bicyclic) bond motifs is 1. The van der Waals surface area contributed by atoms with Gasteiger partial charge in [0.15, 0.2) is 0 Å². The molecule has 0 aromatic heterocycles. The van der Waals surface area contributed by atoms with Crippen molar-refractivity contribution in [1.29, 1.82) is 0 Å². The van der Waals surface area contributed by atoms with Crippen molar-refractivity contribution in [3.63, 3.8) is 0 Å². The molecule has 2 aliphatic rings. The minimum Gasteiger partial charge on any atom is -0.389 e. The monoisotopic (exact) mass is 381 g/mol. The third kappa shape index (κ3) is 4.76. The fraction of sp³-hybridized carbons (Fsp3) is 0.526. The molecule has 4 nitrogen and oxygen atoms in total. The maximum absolute atomic E-state index is 13.0. The van der Waals surface area contributed by atoms with Gasteiger partial charge in [-0.25, -0.2) is 8.42 Å². The number of aryl methyl sites for hydroxylation is 1. The summed E-state index contributed by atoms with van der Waals surface area (Å²) >= 11 is 3.83. The van der Waals surface area contributed by atoms with Crippen LogP contribution in [0.3, 0.4) is 0 Å². The maximum Gasteiger partial charge on any atom is 0.243 e. The van der Waals surface area contributed by atoms with Gasteiger partial charge in [0.2, 0.25) is 10.0 Å². The van der Waals surface area contributed by atoms with Crippen molar-refractivity contribution < 1.29 is 13.5 Å². The number of aliphatic hydroxyl groups is 1. The van der Waals surface area contributed by atoms with E-state index < -0.39 is 16.1 Å². The van der Waals surface area contributed by atoms with Crippen molar-refractivity contribution in [2.45, 2.75) is 62.5 Å². The van der Waals surface area contributed by atoms with E-state index >= 15 is 0 Å². The van der Waals surface area contributed by atoms with Crippen molar-refractivity contribution in [3.05, 3.63) is 41.5 Å². The second-order valence-electron chi connectivity index (χ2n) is 6.68. The highest BCUT2D eigenvalue weighted by Crippen LogP contribution is 2.31. The molecular weight excluding hydrogens is 354 g/mol. The van der Waals surface area contributed by atoms with Crippen LogP contribution >= 0.6 is 12.2 Å². The number of hydrogen-bond donors (Lipinski definition) is 1. The van der Waals surface area contributed by atoms with E-state index in [1.54, 1.807) is 16.4 Å². The number of rotatable bonds is 2. The average Bonchev–Trinajstić information content (AvgIpc) is 3.04. The fourth-order valence-corrected chi connectivity index (χ4v) is 5.06. The highest BCUT2D eigenvalue weighted by atomic mass is 32.2. The standard InChI is InChI=1S/C18H25NO3S.CH2S/c1-14-8-10-17(11-9-14)23(21,22)19-13-15-12-16(19)6-4-2-3-5-7-18(15)20;1-2/h8-12,16,18,20H,2-7,13H2,1H3;1H2. The van der Waals surface area contributed by atoms with Gasteiger partial charge in [-0.05, 0) is 43.3 Å². The second-order valence-corrected chi connectivity index (χ2v) is 8.57. The minimum atomic E-state index is -3.52. The van der Waals surface area contributed by atoms with Gasteiger partial charge in [-0.15, -0.1) is 0 Å². The molecule has 0 saturated heterocycles. The normalized spacial score (nSPS) is 24.8. The summed E-state index contributed by atoms with van der Waals surface area (Å²) in [6, 6.07) is 6.89. The first-order valence-corrected chi connectivity index (χ1v) is 10.8. The SMILES string of the molecule is C=S.Cc1ccc(S(=O)(=O)N2CC3=CC2CCCCCCC3O)cc1. The molecule has 138 valence electrons. The van der Waals surface area contributed by atoms with Gasteiger partial charge >= 0.3 is 0 Å². The summed E-state index contributed by atoms with van der Waals surface area (Å²) in [5.41, 5.74) is 1.91. The van der Waals surface area contributed by atoms with Gasteiger partial charge in [0.1, 0.15) is 0 Å². The number of hydrogen-bond acceptors (Lipinski definition) is 4. The molecule has 1 heterocycles. The van der Waals surface area contributed by atoms with Gasteiger partial charge in [0, 0.05) is 12.6 Å². The predicted molar refractivity (Wildman–Crippen MR) is 105 cm³/mol. The lowest BCUT2D eigenvalue weighted by atomic mass is 9.99. The molecule has 0 fully saturated rings. The van der Waals surface area contributed by atoms with Crippen LogP contribution in [-0.2, 0) is 10.0 Å². The second kappa shape index (κ2) is 9.03. The number of nitrogens with zero attached hydrogens (tertiary/aromatic N) is 1. The number of aliphatic hydroxyl groups excluding tert-OH is 1. The zero-order valence-electron chi connectivity index (χ0n) is 14.7. The Hall–Kier alpha value is -1.08. The van der Waals surface area contributed by atoms with Crippen LogP contribution in [0.15, 0.2) is 40.8 Å². The molecule has 25 heavy (non-hydrogen) atoms. The summed E-state index contributed by atoms with van der Waals surface area (Å²) in [5.74, 6) is 2.83. The molecule has 0 radical (unpaired) electrons. The van der Waals surface area contributed by atoms with Crippen LogP contribution in [0.4, 0.5) is 0 Å². The Morgan fingerprint density at radius 1 is 1.08 bits per heavy atom. The van der Waals surface area contributed by atoms with E-state index in [1.165, 1.54) is 0 Å².